The number of carboxylic acid groups (broad SMARTS) is 2. The van der Waals surface area contributed by atoms with Gasteiger partial charge in [0.25, 0.3) is 11.8 Å². The molecule has 5 rings (SSSR count). The van der Waals surface area contributed by atoms with Crippen molar-refractivity contribution in [2.75, 3.05) is 25.4 Å². The maximum Gasteiger partial charge on any atom is 0.350 e. The Morgan fingerprint density at radius 1 is 1.20 bits per heavy atom. The van der Waals surface area contributed by atoms with Crippen molar-refractivity contribution in [1.29, 1.82) is 0 Å². The number of aromatic nitrogens is 1. The van der Waals surface area contributed by atoms with Crippen LogP contribution in [-0.4, -0.2) is 118 Å². The number of hydrogen-bond donors (Lipinski definition) is 7. The third kappa shape index (κ3) is 6.23. The number of urea groups is 1. The summed E-state index contributed by atoms with van der Waals surface area (Å²) in [5, 5.41) is 45.0. The molecule has 5 amide bonds. The number of β-lactam (4-membered cyclic amide) rings is 1. The number of aromatic hydroxyl groups is 2. The number of anilines is 1. The highest BCUT2D eigenvalue weighted by Gasteiger charge is 2.55. The van der Waals surface area contributed by atoms with E-state index in [2.05, 4.69) is 20.9 Å². The zero-order chi connectivity index (χ0) is 33.5. The number of phenolic OH excluding ortho intramolecular Hbond substituents is 2. The number of hydrazine groups is 1. The maximum absolute atomic E-state index is 13.3. The molecule has 0 radical (unpaired) electrons. The second-order valence-electron chi connectivity index (χ2n) is 9.98. The number of carbonyl (C=O) groups excluding carboxylic acids is 4. The van der Waals surface area contributed by atoms with E-state index in [0.717, 1.165) is 49.6 Å². The summed E-state index contributed by atoms with van der Waals surface area (Å²) in [7, 11) is 0. The summed E-state index contributed by atoms with van der Waals surface area (Å²) in [5.74, 6) is -6.63. The van der Waals surface area contributed by atoms with Crippen molar-refractivity contribution in [1.82, 2.24) is 29.9 Å². The number of benzene rings is 1. The molecule has 244 valence electrons. The van der Waals surface area contributed by atoms with Crippen molar-refractivity contribution >= 4 is 81.4 Å². The van der Waals surface area contributed by atoms with E-state index in [4.69, 9.17) is 22.2 Å². The lowest BCUT2D eigenvalue weighted by atomic mass is 10.1. The van der Waals surface area contributed by atoms with E-state index in [-0.39, 0.29) is 42.3 Å². The Bertz CT molecular complexity index is 1680. The van der Waals surface area contributed by atoms with E-state index in [1.807, 2.05) is 0 Å². The average Bonchev–Trinajstić information content (AvgIpc) is 3.57. The summed E-state index contributed by atoms with van der Waals surface area (Å²) in [5.41, 5.74) is 5.59. The Hall–Kier alpha value is -5.02. The summed E-state index contributed by atoms with van der Waals surface area (Å²) in [4.78, 5) is 85.2. The lowest BCUT2D eigenvalue weighted by Gasteiger charge is -2.46. The van der Waals surface area contributed by atoms with E-state index in [1.54, 1.807) is 0 Å². The number of phenols is 2. The number of thiazole rings is 1. The Morgan fingerprint density at radius 2 is 1.91 bits per heavy atom. The molecule has 22 heteroatoms. The van der Waals surface area contributed by atoms with Gasteiger partial charge in [-0.3, -0.25) is 28.9 Å². The third-order valence-corrected chi connectivity index (χ3v) is 9.29. The number of nitrogens with zero attached hydrogens (tertiary/aromatic N) is 5. The van der Waals surface area contributed by atoms with Crippen molar-refractivity contribution in [3.8, 4) is 11.5 Å². The van der Waals surface area contributed by atoms with Crippen LogP contribution in [0.25, 0.3) is 0 Å². The number of rotatable bonds is 12. The summed E-state index contributed by atoms with van der Waals surface area (Å²) < 4.78 is 1.13. The molecule has 1 aromatic heterocycles. The first kappa shape index (κ1) is 32.4. The van der Waals surface area contributed by atoms with Crippen LogP contribution >= 0.6 is 34.9 Å². The first-order chi connectivity index (χ1) is 21.7. The summed E-state index contributed by atoms with van der Waals surface area (Å²) >= 11 is 7.61. The third-order valence-electron chi connectivity index (χ3n) is 6.90. The molecular formula is C24H23ClN8O11S2. The molecule has 3 fully saturated rings. The number of oxime groups is 1. The van der Waals surface area contributed by atoms with E-state index in [9.17, 15) is 49.2 Å². The average molecular weight is 699 g/mol. The minimum atomic E-state index is -1.61. The molecule has 8 N–H and O–H groups in total. The van der Waals surface area contributed by atoms with Crippen LogP contribution in [0.1, 0.15) is 28.9 Å². The molecular weight excluding hydrogens is 676 g/mol. The number of halogens is 1. The fraction of sp³-hybridized carbons (Fsp3) is 0.333. The van der Waals surface area contributed by atoms with Crippen molar-refractivity contribution in [3.05, 3.63) is 33.8 Å². The van der Waals surface area contributed by atoms with Crippen molar-refractivity contribution in [2.24, 2.45) is 5.16 Å². The van der Waals surface area contributed by atoms with Gasteiger partial charge in [0.15, 0.2) is 22.3 Å². The molecule has 0 unspecified atom stereocenters. The van der Waals surface area contributed by atoms with Gasteiger partial charge in [0.1, 0.15) is 23.7 Å². The molecule has 0 spiro atoms. The second-order valence-corrected chi connectivity index (χ2v) is 12.4. The molecule has 19 nitrogen and oxygen atoms in total. The van der Waals surface area contributed by atoms with Crippen LogP contribution in [-0.2, 0) is 24.0 Å². The number of carboxylic acids is 2. The summed E-state index contributed by atoms with van der Waals surface area (Å²) in [6.07, 6.45) is 0.297. The maximum atomic E-state index is 13.3. The fourth-order valence-corrected chi connectivity index (χ4v) is 6.28. The minimum Gasteiger partial charge on any atom is -0.504 e. The molecule has 0 bridgehead atoms. The molecule has 2 aliphatic heterocycles. The largest absolute Gasteiger partial charge is 0.504 e. The van der Waals surface area contributed by atoms with Gasteiger partial charge >= 0.3 is 18.0 Å². The molecule has 2 atom stereocenters. The van der Waals surface area contributed by atoms with Crippen LogP contribution in [0.3, 0.4) is 0 Å². The van der Waals surface area contributed by atoms with Crippen LogP contribution in [0, 0.1) is 0 Å². The zero-order valence-corrected chi connectivity index (χ0v) is 25.5. The Balaban J connectivity index is 1.30. The number of nitrogens with one attached hydrogen (secondary N) is 2. The number of aliphatic carboxylic acids is 2. The zero-order valence-electron chi connectivity index (χ0n) is 23.1. The van der Waals surface area contributed by atoms with Crippen molar-refractivity contribution < 1.29 is 54.0 Å². The van der Waals surface area contributed by atoms with Gasteiger partial charge in [0, 0.05) is 18.2 Å². The standard InChI is InChI=1S/C24H23ClN8O11S2/c25-13-9(1-2-11(34)16(13)37)17(38)29-32-5-6-33(23(32)43)46-20-15(19(40)31(20)7-12(35)36)28-18(39)14(10-8-45-22(26)27-10)30-44-24(3-4-24)21(41)42/h1-2,8,15,20,34,37H,3-7H2,(H2,26,27)(H,28,39)(H,29,38)(H,35,36)(H,41,42)/b30-14-/t15-,20-/m1/s1. The van der Waals surface area contributed by atoms with Crippen LogP contribution < -0.4 is 16.5 Å². The molecule has 3 aliphatic rings. The van der Waals surface area contributed by atoms with Crippen molar-refractivity contribution in [2.45, 2.75) is 29.9 Å². The van der Waals surface area contributed by atoms with E-state index >= 15 is 0 Å². The smallest absolute Gasteiger partial charge is 0.350 e. The Kier molecular flexibility index (Phi) is 8.73. The number of amides is 5. The van der Waals surface area contributed by atoms with Gasteiger partial charge in [-0.15, -0.1) is 11.3 Å². The Labute approximate surface area is 270 Å². The Morgan fingerprint density at radius 3 is 2.52 bits per heavy atom. The summed E-state index contributed by atoms with van der Waals surface area (Å²) in [6, 6.07) is 0.0213. The number of carbonyl (C=O) groups is 6. The normalized spacial score (nSPS) is 20.3. The van der Waals surface area contributed by atoms with Gasteiger partial charge < -0.3 is 41.2 Å². The van der Waals surface area contributed by atoms with Gasteiger partial charge in [-0.05, 0) is 24.1 Å². The topological polar surface area (TPSA) is 278 Å². The quantitative estimate of drug-likeness (QED) is 0.0488. The van der Waals surface area contributed by atoms with Crippen LogP contribution in [0.15, 0.2) is 22.7 Å². The van der Waals surface area contributed by atoms with Crippen molar-refractivity contribution in [3.63, 3.8) is 0 Å². The van der Waals surface area contributed by atoms with Crippen LogP contribution in [0.5, 0.6) is 11.5 Å². The lowest BCUT2D eigenvalue weighted by molar-refractivity contribution is -0.155. The van der Waals surface area contributed by atoms with Gasteiger partial charge in [-0.1, -0.05) is 16.8 Å². The van der Waals surface area contributed by atoms with Gasteiger partial charge in [-0.2, -0.15) is 0 Å². The van der Waals surface area contributed by atoms with E-state index in [1.165, 1.54) is 5.38 Å². The highest BCUT2D eigenvalue weighted by molar-refractivity contribution is 7.98. The molecule has 1 saturated carbocycles. The van der Waals surface area contributed by atoms with Gasteiger partial charge in [0.2, 0.25) is 11.5 Å². The predicted molar refractivity (Wildman–Crippen MR) is 157 cm³/mol. The van der Waals surface area contributed by atoms with E-state index < -0.39 is 81.5 Å². The molecule has 2 saturated heterocycles. The fourth-order valence-electron chi connectivity index (χ4n) is 4.25. The highest BCUT2D eigenvalue weighted by Crippen LogP contribution is 2.40. The number of nitrogen functional groups attached to an aromatic ring is 1. The molecule has 1 aromatic carbocycles. The predicted octanol–water partition coefficient (Wildman–Crippen LogP) is -0.404. The van der Waals surface area contributed by atoms with Gasteiger partial charge in [0.05, 0.1) is 23.7 Å². The summed E-state index contributed by atoms with van der Waals surface area (Å²) in [6.45, 7) is -0.830. The highest BCUT2D eigenvalue weighted by atomic mass is 35.5. The molecule has 3 heterocycles. The minimum absolute atomic E-state index is 0.0134. The SMILES string of the molecule is Nc1nc(/C(=N/OC2(C(=O)O)CC2)C(=O)N[C@@H]2C(=O)N(CC(=O)O)[C@@H]2SN2CCN(NC(=O)c3ccc(O)c(O)c3Cl)C2=O)cs1. The molecule has 46 heavy (non-hydrogen) atoms. The van der Waals surface area contributed by atoms with Crippen LogP contribution in [0.4, 0.5) is 9.93 Å². The number of nitrogens with two attached hydrogens (primary N) is 1. The monoisotopic (exact) mass is 698 g/mol. The first-order valence-corrected chi connectivity index (χ1v) is 15.1. The molecule has 1 aliphatic carbocycles. The van der Waals surface area contributed by atoms with Gasteiger partial charge in [-0.25, -0.2) is 19.6 Å². The van der Waals surface area contributed by atoms with E-state index in [0.29, 0.717) is 0 Å². The number of hydrogen-bond acceptors (Lipinski definition) is 14. The number of likely N-dealkylation sites (tertiary alicyclic amines) is 1. The second kappa shape index (κ2) is 12.4. The molecule has 2 aromatic rings. The lowest BCUT2D eigenvalue weighted by Crippen LogP contribution is -2.71. The van der Waals surface area contributed by atoms with Crippen LogP contribution in [0.2, 0.25) is 5.02 Å². The first-order valence-electron chi connectivity index (χ1n) is 13.0.